The molecule has 0 aromatic heterocycles. The van der Waals surface area contributed by atoms with E-state index in [9.17, 15) is 9.59 Å². The number of methoxy groups -OCH3 is 1. The number of rotatable bonds is 5. The van der Waals surface area contributed by atoms with Crippen molar-refractivity contribution in [2.75, 3.05) is 31.6 Å². The number of hydrogen-bond donors (Lipinski definition) is 0. The van der Waals surface area contributed by atoms with Crippen LogP contribution < -0.4 is 9.64 Å². The van der Waals surface area contributed by atoms with E-state index in [-0.39, 0.29) is 18.4 Å². The smallest absolute Gasteiger partial charge is 0.246 e. The van der Waals surface area contributed by atoms with Crippen LogP contribution in [0, 0.1) is 0 Å². The molecule has 0 spiro atoms. The summed E-state index contributed by atoms with van der Waals surface area (Å²) in [6, 6.07) is 14.9. The van der Waals surface area contributed by atoms with E-state index < -0.39 is 0 Å². The normalized spacial score (nSPS) is 14.5. The fourth-order valence-corrected chi connectivity index (χ4v) is 3.29. The van der Waals surface area contributed by atoms with E-state index >= 15 is 0 Å². The van der Waals surface area contributed by atoms with E-state index in [2.05, 4.69) is 0 Å². The lowest BCUT2D eigenvalue weighted by Gasteiger charge is -2.34. The largest absolute Gasteiger partial charge is 0.497 e. The van der Waals surface area contributed by atoms with E-state index in [0.717, 1.165) is 11.3 Å². The minimum absolute atomic E-state index is 0.0139. The molecule has 1 aliphatic rings. The van der Waals surface area contributed by atoms with Crippen LogP contribution in [-0.4, -0.2) is 43.5 Å². The second kappa shape index (κ2) is 8.23. The van der Waals surface area contributed by atoms with Crippen LogP contribution >= 0.6 is 11.6 Å². The lowest BCUT2D eigenvalue weighted by atomic mass is 10.1. The van der Waals surface area contributed by atoms with Crippen molar-refractivity contribution in [3.05, 3.63) is 59.1 Å². The van der Waals surface area contributed by atoms with Crippen LogP contribution in [0.1, 0.15) is 12.0 Å². The van der Waals surface area contributed by atoms with Gasteiger partial charge in [0.05, 0.1) is 17.8 Å². The van der Waals surface area contributed by atoms with E-state index in [1.165, 1.54) is 0 Å². The van der Waals surface area contributed by atoms with Gasteiger partial charge in [0.1, 0.15) is 12.3 Å². The molecular weight excluding hydrogens is 352 g/mol. The topological polar surface area (TPSA) is 49.9 Å². The van der Waals surface area contributed by atoms with Crippen molar-refractivity contribution in [1.82, 2.24) is 4.90 Å². The number of piperazine rings is 1. The highest BCUT2D eigenvalue weighted by Crippen LogP contribution is 2.26. The first-order valence-corrected chi connectivity index (χ1v) is 8.92. The molecule has 0 saturated carbocycles. The third-order valence-corrected chi connectivity index (χ3v) is 4.80. The Hall–Kier alpha value is -2.53. The Bertz CT molecular complexity index is 809. The molecule has 0 aliphatic carbocycles. The van der Waals surface area contributed by atoms with E-state index in [1.807, 2.05) is 42.5 Å². The molecule has 2 aromatic rings. The van der Waals surface area contributed by atoms with E-state index in [4.69, 9.17) is 16.3 Å². The Labute approximate surface area is 158 Å². The number of carbonyl (C=O) groups is 2. The van der Waals surface area contributed by atoms with Gasteiger partial charge in [-0.05, 0) is 36.2 Å². The summed E-state index contributed by atoms with van der Waals surface area (Å²) >= 11 is 6.18. The SMILES string of the molecule is COc1cccc(CCC(=O)N2CCN(c3ccccc3Cl)C(=O)C2)c1. The van der Waals surface area contributed by atoms with Crippen LogP contribution in [0.4, 0.5) is 5.69 Å². The number of benzene rings is 2. The number of halogens is 1. The van der Waals surface area contributed by atoms with Gasteiger partial charge in [0.25, 0.3) is 0 Å². The van der Waals surface area contributed by atoms with Gasteiger partial charge in [0.15, 0.2) is 0 Å². The van der Waals surface area contributed by atoms with Crippen LogP contribution in [0.2, 0.25) is 5.02 Å². The molecule has 0 radical (unpaired) electrons. The Morgan fingerprint density at radius 2 is 1.96 bits per heavy atom. The molecule has 2 aromatic carbocycles. The van der Waals surface area contributed by atoms with Gasteiger partial charge >= 0.3 is 0 Å². The average molecular weight is 373 g/mol. The lowest BCUT2D eigenvalue weighted by molar-refractivity contribution is -0.136. The molecule has 1 heterocycles. The fourth-order valence-electron chi connectivity index (χ4n) is 3.05. The molecule has 2 amide bonds. The number of anilines is 1. The quantitative estimate of drug-likeness (QED) is 0.810. The summed E-state index contributed by atoms with van der Waals surface area (Å²) in [5.41, 5.74) is 1.74. The van der Waals surface area contributed by atoms with Crippen LogP contribution in [0.5, 0.6) is 5.75 Å². The minimum atomic E-state index is -0.112. The van der Waals surface area contributed by atoms with Crippen LogP contribution in [0.3, 0.4) is 0 Å². The Balaban J connectivity index is 1.57. The van der Waals surface area contributed by atoms with Crippen molar-refractivity contribution < 1.29 is 14.3 Å². The van der Waals surface area contributed by atoms with Gasteiger partial charge in [-0.3, -0.25) is 9.59 Å². The molecule has 0 N–H and O–H groups in total. The zero-order chi connectivity index (χ0) is 18.5. The number of carbonyl (C=O) groups excluding carboxylic acids is 2. The third-order valence-electron chi connectivity index (χ3n) is 4.48. The van der Waals surface area contributed by atoms with Gasteiger partial charge in [0, 0.05) is 19.5 Å². The highest BCUT2D eigenvalue weighted by molar-refractivity contribution is 6.33. The molecule has 26 heavy (non-hydrogen) atoms. The summed E-state index contributed by atoms with van der Waals surface area (Å²) in [4.78, 5) is 28.2. The summed E-state index contributed by atoms with van der Waals surface area (Å²) in [5.74, 6) is 0.650. The number of para-hydroxylation sites is 1. The minimum Gasteiger partial charge on any atom is -0.497 e. The molecule has 0 unspecified atom stereocenters. The highest BCUT2D eigenvalue weighted by atomic mass is 35.5. The molecule has 6 heteroatoms. The zero-order valence-corrected chi connectivity index (χ0v) is 15.4. The summed E-state index contributed by atoms with van der Waals surface area (Å²) in [7, 11) is 1.62. The maximum Gasteiger partial charge on any atom is 0.246 e. The summed E-state index contributed by atoms with van der Waals surface area (Å²) in [6.45, 7) is 1.05. The van der Waals surface area contributed by atoms with Crippen LogP contribution in [0.25, 0.3) is 0 Å². The van der Waals surface area contributed by atoms with Gasteiger partial charge in [-0.25, -0.2) is 0 Å². The first-order valence-electron chi connectivity index (χ1n) is 8.54. The first-order chi connectivity index (χ1) is 12.6. The number of hydrogen-bond acceptors (Lipinski definition) is 3. The van der Waals surface area contributed by atoms with Crippen molar-refractivity contribution in [2.45, 2.75) is 12.8 Å². The summed E-state index contributed by atoms with van der Waals surface area (Å²) in [5, 5.41) is 0.540. The van der Waals surface area contributed by atoms with E-state index in [1.54, 1.807) is 23.0 Å². The van der Waals surface area contributed by atoms with Crippen molar-refractivity contribution in [3.63, 3.8) is 0 Å². The summed E-state index contributed by atoms with van der Waals surface area (Å²) in [6.07, 6.45) is 0.988. The molecule has 136 valence electrons. The predicted octanol–water partition coefficient (Wildman–Crippen LogP) is 3.16. The third kappa shape index (κ3) is 4.17. The average Bonchev–Trinajstić information content (AvgIpc) is 2.67. The fraction of sp³-hybridized carbons (Fsp3) is 0.300. The van der Waals surface area contributed by atoms with Crippen molar-refractivity contribution in [1.29, 1.82) is 0 Å². The summed E-state index contributed by atoms with van der Waals surface area (Å²) < 4.78 is 5.20. The molecule has 5 nitrogen and oxygen atoms in total. The van der Waals surface area contributed by atoms with Gasteiger partial charge in [-0.15, -0.1) is 0 Å². The van der Waals surface area contributed by atoms with Gasteiger partial charge in [-0.2, -0.15) is 0 Å². The van der Waals surface area contributed by atoms with Gasteiger partial charge in [0.2, 0.25) is 11.8 Å². The molecule has 1 saturated heterocycles. The monoisotopic (exact) mass is 372 g/mol. The number of aryl methyl sites for hydroxylation is 1. The predicted molar refractivity (Wildman–Crippen MR) is 102 cm³/mol. The maximum atomic E-state index is 12.5. The molecule has 1 aliphatic heterocycles. The Morgan fingerprint density at radius 1 is 1.15 bits per heavy atom. The number of nitrogens with zero attached hydrogens (tertiary/aromatic N) is 2. The Morgan fingerprint density at radius 3 is 2.69 bits per heavy atom. The first kappa shape index (κ1) is 18.3. The van der Waals surface area contributed by atoms with E-state index in [0.29, 0.717) is 36.6 Å². The number of ether oxygens (including phenoxy) is 1. The van der Waals surface area contributed by atoms with Gasteiger partial charge in [-0.1, -0.05) is 35.9 Å². The molecule has 0 bridgehead atoms. The standard InChI is InChI=1S/C20H21ClN2O3/c1-26-16-6-4-5-15(13-16)9-10-19(24)22-11-12-23(20(25)14-22)18-8-3-2-7-17(18)21/h2-8,13H,9-12,14H2,1H3. The Kier molecular flexibility index (Phi) is 5.78. The lowest BCUT2D eigenvalue weighted by Crippen LogP contribution is -2.52. The van der Waals surface area contributed by atoms with Crippen molar-refractivity contribution in [3.8, 4) is 5.75 Å². The molecule has 0 atom stereocenters. The highest BCUT2D eigenvalue weighted by Gasteiger charge is 2.28. The zero-order valence-electron chi connectivity index (χ0n) is 14.7. The maximum absolute atomic E-state index is 12.5. The van der Waals surface area contributed by atoms with Gasteiger partial charge < -0.3 is 14.5 Å². The second-order valence-corrected chi connectivity index (χ2v) is 6.57. The molecule has 3 rings (SSSR count). The van der Waals surface area contributed by atoms with Crippen molar-refractivity contribution in [2.24, 2.45) is 0 Å². The molecule has 1 fully saturated rings. The van der Waals surface area contributed by atoms with Crippen LogP contribution in [-0.2, 0) is 16.0 Å². The van der Waals surface area contributed by atoms with Crippen LogP contribution in [0.15, 0.2) is 48.5 Å². The second-order valence-electron chi connectivity index (χ2n) is 6.16. The molecular formula is C20H21ClN2O3. The number of amides is 2. The van der Waals surface area contributed by atoms with Crippen molar-refractivity contribution >= 4 is 29.1 Å².